The van der Waals surface area contributed by atoms with Gasteiger partial charge in [0, 0.05) is 26.3 Å². The Labute approximate surface area is 117 Å². The molecule has 0 saturated carbocycles. The molecule has 1 amide bonds. The Morgan fingerprint density at radius 2 is 2.00 bits per heavy atom. The number of carbonyl (C=O) groups is 1. The third kappa shape index (κ3) is 10.8. The average Bonchev–Trinajstić information content (AvgIpc) is 2.25. The van der Waals surface area contributed by atoms with Crippen LogP contribution in [0.25, 0.3) is 0 Å². The molecule has 0 bridgehead atoms. The van der Waals surface area contributed by atoms with Crippen molar-refractivity contribution in [2.24, 2.45) is 11.7 Å². The SMILES string of the molecule is COCCCC(C)CC(CN)NC(=O)OC(C)(C)C. The number of rotatable bonds is 8. The summed E-state index contributed by atoms with van der Waals surface area (Å²) in [7, 11) is 1.71. The molecule has 0 spiro atoms. The van der Waals surface area contributed by atoms with Gasteiger partial charge in [0.05, 0.1) is 0 Å². The van der Waals surface area contributed by atoms with Crippen molar-refractivity contribution in [1.82, 2.24) is 5.32 Å². The zero-order valence-corrected chi connectivity index (χ0v) is 13.0. The molecule has 0 heterocycles. The third-order valence-electron chi connectivity index (χ3n) is 2.74. The number of hydrogen-bond acceptors (Lipinski definition) is 4. The maximum atomic E-state index is 11.7. The van der Waals surface area contributed by atoms with Gasteiger partial charge in [-0.1, -0.05) is 6.92 Å². The van der Waals surface area contributed by atoms with E-state index in [9.17, 15) is 4.79 Å². The Balaban J connectivity index is 4.03. The molecule has 0 saturated heterocycles. The lowest BCUT2D eigenvalue weighted by atomic mass is 9.97. The summed E-state index contributed by atoms with van der Waals surface area (Å²) < 4.78 is 10.3. The smallest absolute Gasteiger partial charge is 0.407 e. The molecule has 2 atom stereocenters. The van der Waals surface area contributed by atoms with E-state index in [1.807, 2.05) is 20.8 Å². The van der Waals surface area contributed by atoms with E-state index in [4.69, 9.17) is 15.2 Å². The van der Waals surface area contributed by atoms with Crippen LogP contribution in [0.4, 0.5) is 4.79 Å². The Kier molecular flexibility index (Phi) is 8.76. The molecular weight excluding hydrogens is 244 g/mol. The number of alkyl carbamates (subject to hydrolysis) is 1. The Hall–Kier alpha value is -0.810. The van der Waals surface area contributed by atoms with E-state index < -0.39 is 11.7 Å². The fraction of sp³-hybridized carbons (Fsp3) is 0.929. The van der Waals surface area contributed by atoms with Crippen LogP contribution in [0.15, 0.2) is 0 Å². The van der Waals surface area contributed by atoms with Crippen LogP contribution in [0.2, 0.25) is 0 Å². The van der Waals surface area contributed by atoms with E-state index in [1.165, 1.54) is 0 Å². The minimum Gasteiger partial charge on any atom is -0.444 e. The summed E-state index contributed by atoms with van der Waals surface area (Å²) >= 11 is 0. The Morgan fingerprint density at radius 3 is 2.47 bits per heavy atom. The molecule has 0 fully saturated rings. The quantitative estimate of drug-likeness (QED) is 0.666. The molecule has 0 aromatic rings. The lowest BCUT2D eigenvalue weighted by Gasteiger charge is -2.24. The first-order chi connectivity index (χ1) is 8.78. The van der Waals surface area contributed by atoms with Crippen molar-refractivity contribution in [1.29, 1.82) is 0 Å². The van der Waals surface area contributed by atoms with Crippen LogP contribution in [-0.4, -0.2) is 38.0 Å². The van der Waals surface area contributed by atoms with E-state index in [0.29, 0.717) is 12.5 Å². The third-order valence-corrected chi connectivity index (χ3v) is 2.74. The van der Waals surface area contributed by atoms with Gasteiger partial charge >= 0.3 is 6.09 Å². The van der Waals surface area contributed by atoms with Gasteiger partial charge in [0.25, 0.3) is 0 Å². The van der Waals surface area contributed by atoms with Crippen LogP contribution >= 0.6 is 0 Å². The molecule has 5 heteroatoms. The van der Waals surface area contributed by atoms with Gasteiger partial charge in [-0.25, -0.2) is 4.79 Å². The summed E-state index contributed by atoms with van der Waals surface area (Å²) in [6.45, 7) is 8.90. The number of nitrogens with two attached hydrogens (primary N) is 1. The van der Waals surface area contributed by atoms with Crippen molar-refractivity contribution < 1.29 is 14.3 Å². The molecule has 114 valence electrons. The Bertz CT molecular complexity index is 252. The second kappa shape index (κ2) is 9.15. The Morgan fingerprint density at radius 1 is 1.37 bits per heavy atom. The predicted molar refractivity (Wildman–Crippen MR) is 77.1 cm³/mol. The maximum Gasteiger partial charge on any atom is 0.407 e. The van der Waals surface area contributed by atoms with Crippen LogP contribution in [0, 0.1) is 5.92 Å². The molecule has 0 aliphatic rings. The monoisotopic (exact) mass is 274 g/mol. The van der Waals surface area contributed by atoms with Gasteiger partial charge in [-0.2, -0.15) is 0 Å². The first kappa shape index (κ1) is 18.2. The van der Waals surface area contributed by atoms with Gasteiger partial charge in [-0.15, -0.1) is 0 Å². The van der Waals surface area contributed by atoms with Crippen LogP contribution in [-0.2, 0) is 9.47 Å². The highest BCUT2D eigenvalue weighted by molar-refractivity contribution is 5.68. The number of amides is 1. The largest absolute Gasteiger partial charge is 0.444 e. The second-order valence-corrected chi connectivity index (χ2v) is 6.05. The minimum atomic E-state index is -0.479. The minimum absolute atomic E-state index is 0.0348. The van der Waals surface area contributed by atoms with Crippen molar-refractivity contribution in [3.63, 3.8) is 0 Å². The summed E-state index contributed by atoms with van der Waals surface area (Å²) in [5.41, 5.74) is 5.21. The lowest BCUT2D eigenvalue weighted by molar-refractivity contribution is 0.0499. The summed E-state index contributed by atoms with van der Waals surface area (Å²) in [4.78, 5) is 11.7. The van der Waals surface area contributed by atoms with Gasteiger partial charge in [-0.05, 0) is 46.0 Å². The van der Waals surface area contributed by atoms with Crippen molar-refractivity contribution in [3.05, 3.63) is 0 Å². The van der Waals surface area contributed by atoms with Gasteiger partial charge < -0.3 is 20.5 Å². The molecule has 19 heavy (non-hydrogen) atoms. The van der Waals surface area contributed by atoms with Gasteiger partial charge in [-0.3, -0.25) is 0 Å². The number of nitrogens with one attached hydrogen (secondary N) is 1. The van der Waals surface area contributed by atoms with E-state index >= 15 is 0 Å². The van der Waals surface area contributed by atoms with Crippen LogP contribution in [0.3, 0.4) is 0 Å². The second-order valence-electron chi connectivity index (χ2n) is 6.05. The number of methoxy groups -OCH3 is 1. The zero-order valence-electron chi connectivity index (χ0n) is 13.0. The predicted octanol–water partition coefficient (Wildman–Crippen LogP) is 2.29. The van der Waals surface area contributed by atoms with Crippen molar-refractivity contribution in [2.75, 3.05) is 20.3 Å². The van der Waals surface area contributed by atoms with Crippen molar-refractivity contribution in [2.45, 2.75) is 58.6 Å². The molecule has 2 unspecified atom stereocenters. The number of ether oxygens (including phenoxy) is 2. The molecule has 0 aliphatic carbocycles. The summed E-state index contributed by atoms with van der Waals surface area (Å²) in [5.74, 6) is 0.499. The van der Waals surface area contributed by atoms with Crippen LogP contribution in [0.1, 0.15) is 47.0 Å². The zero-order chi connectivity index (χ0) is 14.9. The van der Waals surface area contributed by atoms with E-state index in [2.05, 4.69) is 12.2 Å². The van der Waals surface area contributed by atoms with E-state index in [1.54, 1.807) is 7.11 Å². The van der Waals surface area contributed by atoms with Crippen LogP contribution < -0.4 is 11.1 Å². The first-order valence-electron chi connectivity index (χ1n) is 6.97. The fourth-order valence-electron chi connectivity index (χ4n) is 1.87. The van der Waals surface area contributed by atoms with Gasteiger partial charge in [0.2, 0.25) is 0 Å². The molecule has 3 N–H and O–H groups in total. The van der Waals surface area contributed by atoms with E-state index in [-0.39, 0.29) is 6.04 Å². The number of carbonyl (C=O) groups excluding carboxylic acids is 1. The van der Waals surface area contributed by atoms with Crippen molar-refractivity contribution in [3.8, 4) is 0 Å². The van der Waals surface area contributed by atoms with Gasteiger partial charge in [0.15, 0.2) is 0 Å². The highest BCUT2D eigenvalue weighted by Gasteiger charge is 2.20. The highest BCUT2D eigenvalue weighted by atomic mass is 16.6. The molecule has 0 aromatic heterocycles. The molecule has 0 rings (SSSR count). The molecule has 0 radical (unpaired) electrons. The summed E-state index contributed by atoms with van der Waals surface area (Å²) in [6.07, 6.45) is 2.56. The summed E-state index contributed by atoms with van der Waals surface area (Å²) in [6, 6.07) is -0.0348. The number of hydrogen-bond donors (Lipinski definition) is 2. The molecule has 5 nitrogen and oxygen atoms in total. The molecule has 0 aromatic carbocycles. The fourth-order valence-corrected chi connectivity index (χ4v) is 1.87. The van der Waals surface area contributed by atoms with E-state index in [0.717, 1.165) is 25.9 Å². The molecule has 0 aliphatic heterocycles. The normalized spacial score (nSPS) is 14.8. The maximum absolute atomic E-state index is 11.7. The lowest BCUT2D eigenvalue weighted by Crippen LogP contribution is -2.43. The van der Waals surface area contributed by atoms with Crippen molar-refractivity contribution >= 4 is 6.09 Å². The highest BCUT2D eigenvalue weighted by Crippen LogP contribution is 2.13. The standard InChI is InChI=1S/C14H30N2O3/c1-11(7-6-8-18-5)9-12(10-15)16-13(17)19-14(2,3)4/h11-12H,6-10,15H2,1-5H3,(H,16,17). The van der Waals surface area contributed by atoms with Gasteiger partial charge in [0.1, 0.15) is 5.60 Å². The molecular formula is C14H30N2O3. The topological polar surface area (TPSA) is 73.6 Å². The first-order valence-corrected chi connectivity index (χ1v) is 6.97. The van der Waals surface area contributed by atoms with Crippen LogP contribution in [0.5, 0.6) is 0 Å². The summed E-state index contributed by atoms with van der Waals surface area (Å²) in [5, 5.41) is 2.83. The average molecular weight is 274 g/mol.